The third-order valence-electron chi connectivity index (χ3n) is 5.04. The van der Waals surface area contributed by atoms with E-state index in [4.69, 9.17) is 9.73 Å². The summed E-state index contributed by atoms with van der Waals surface area (Å²) in [7, 11) is 0. The van der Waals surface area contributed by atoms with E-state index in [1.54, 1.807) is 0 Å². The summed E-state index contributed by atoms with van der Waals surface area (Å²) in [6.45, 7) is 11.4. The second kappa shape index (κ2) is 12.3. The maximum Gasteiger partial charge on any atom is 0.213 e. The van der Waals surface area contributed by atoms with Gasteiger partial charge in [0.15, 0.2) is 5.96 Å². The van der Waals surface area contributed by atoms with E-state index in [9.17, 15) is 0 Å². The second-order valence-electron chi connectivity index (χ2n) is 7.46. The minimum atomic E-state index is 0. The molecule has 2 fully saturated rings. The summed E-state index contributed by atoms with van der Waals surface area (Å²) in [5.41, 5.74) is 1.12. The van der Waals surface area contributed by atoms with Crippen LogP contribution in [-0.2, 0) is 6.54 Å². The Kier molecular flexibility index (Phi) is 10.0. The lowest BCUT2D eigenvalue weighted by Crippen LogP contribution is -2.48. The summed E-state index contributed by atoms with van der Waals surface area (Å²) in [6, 6.07) is 4.48. The molecule has 1 saturated carbocycles. The maximum atomic E-state index is 5.77. The molecule has 2 N–H and O–H groups in total. The van der Waals surface area contributed by atoms with E-state index >= 15 is 0 Å². The van der Waals surface area contributed by atoms with Gasteiger partial charge in [-0.15, -0.1) is 30.6 Å². The number of hydrogen-bond donors (Lipinski definition) is 2. The minimum Gasteiger partial charge on any atom is -0.477 e. The van der Waals surface area contributed by atoms with Gasteiger partial charge in [-0.3, -0.25) is 4.90 Å². The Bertz CT molecular complexity index is 627. The van der Waals surface area contributed by atoms with E-state index in [0.29, 0.717) is 18.5 Å². The molecule has 156 valence electrons. The third kappa shape index (κ3) is 7.95. The zero-order valence-electron chi connectivity index (χ0n) is 16.9. The summed E-state index contributed by atoms with van der Waals surface area (Å²) < 4.78 is 5.77. The molecule has 0 amide bonds. The fraction of sp³-hybridized carbons (Fsp3) is 0.619. The molecular formula is C21H34IN5O. The van der Waals surface area contributed by atoms with Crippen LogP contribution in [0.5, 0.6) is 5.88 Å². The van der Waals surface area contributed by atoms with Crippen LogP contribution in [0.3, 0.4) is 0 Å². The number of aliphatic imine (C=N–C) groups is 1. The number of pyridine rings is 1. The Hall–Kier alpha value is -1.35. The van der Waals surface area contributed by atoms with Crippen LogP contribution in [0.15, 0.2) is 36.0 Å². The van der Waals surface area contributed by atoms with Gasteiger partial charge in [0.05, 0.1) is 13.2 Å². The maximum absolute atomic E-state index is 5.77. The lowest BCUT2D eigenvalue weighted by atomic mass is 10.1. The van der Waals surface area contributed by atoms with E-state index in [1.165, 1.54) is 12.8 Å². The van der Waals surface area contributed by atoms with Crippen molar-refractivity contribution in [3.63, 3.8) is 0 Å². The highest BCUT2D eigenvalue weighted by Gasteiger charge is 2.22. The van der Waals surface area contributed by atoms with Crippen molar-refractivity contribution >= 4 is 29.9 Å². The van der Waals surface area contributed by atoms with Crippen molar-refractivity contribution < 1.29 is 4.74 Å². The van der Waals surface area contributed by atoms with Gasteiger partial charge in [-0.1, -0.05) is 6.08 Å². The van der Waals surface area contributed by atoms with Crippen molar-refractivity contribution in [1.29, 1.82) is 0 Å². The Morgan fingerprint density at radius 3 is 2.82 bits per heavy atom. The fourth-order valence-electron chi connectivity index (χ4n) is 3.24. The summed E-state index contributed by atoms with van der Waals surface area (Å²) in [5, 5.41) is 6.95. The number of nitrogens with zero attached hydrogens (tertiary/aromatic N) is 3. The Morgan fingerprint density at radius 2 is 2.14 bits per heavy atom. The summed E-state index contributed by atoms with van der Waals surface area (Å²) in [4.78, 5) is 11.5. The number of hydrogen-bond acceptors (Lipinski definition) is 4. The highest BCUT2D eigenvalue weighted by Crippen LogP contribution is 2.29. The van der Waals surface area contributed by atoms with Gasteiger partial charge < -0.3 is 15.4 Å². The van der Waals surface area contributed by atoms with Crippen molar-refractivity contribution in [3.8, 4) is 5.88 Å². The zero-order valence-corrected chi connectivity index (χ0v) is 19.2. The normalized spacial score (nSPS) is 18.2. The zero-order chi connectivity index (χ0) is 18.9. The molecule has 0 radical (unpaired) electrons. The number of ether oxygens (including phenoxy) is 1. The molecule has 3 rings (SSSR count). The largest absolute Gasteiger partial charge is 0.477 e. The fourth-order valence-corrected chi connectivity index (χ4v) is 3.24. The van der Waals surface area contributed by atoms with Gasteiger partial charge in [0.1, 0.15) is 0 Å². The predicted molar refractivity (Wildman–Crippen MR) is 125 cm³/mol. The first kappa shape index (κ1) is 22.9. The van der Waals surface area contributed by atoms with Crippen LogP contribution in [0.1, 0.15) is 38.2 Å². The number of rotatable bonds is 9. The van der Waals surface area contributed by atoms with Gasteiger partial charge in [0.2, 0.25) is 5.88 Å². The Morgan fingerprint density at radius 1 is 1.36 bits per heavy atom. The predicted octanol–water partition coefficient (Wildman–Crippen LogP) is 3.19. The highest BCUT2D eigenvalue weighted by molar-refractivity contribution is 14.0. The summed E-state index contributed by atoms with van der Waals surface area (Å²) >= 11 is 0. The molecule has 0 atom stereocenters. The molecule has 1 aliphatic heterocycles. The molecule has 1 aliphatic carbocycles. The molecule has 1 saturated heterocycles. The van der Waals surface area contributed by atoms with Crippen LogP contribution in [0, 0.1) is 5.92 Å². The first-order chi connectivity index (χ1) is 13.3. The number of likely N-dealkylation sites (tertiary alicyclic amines) is 1. The molecule has 0 spiro atoms. The molecule has 2 aliphatic rings. The smallest absolute Gasteiger partial charge is 0.213 e. The number of guanidine groups is 1. The van der Waals surface area contributed by atoms with Gasteiger partial charge in [-0.2, -0.15) is 0 Å². The van der Waals surface area contributed by atoms with E-state index in [2.05, 4.69) is 34.0 Å². The van der Waals surface area contributed by atoms with Crippen molar-refractivity contribution in [2.75, 3.05) is 32.8 Å². The molecule has 0 aromatic carbocycles. The number of nitrogens with one attached hydrogen (secondary N) is 2. The van der Waals surface area contributed by atoms with Gasteiger partial charge in [-0.05, 0) is 50.2 Å². The van der Waals surface area contributed by atoms with Gasteiger partial charge in [0, 0.05) is 44.5 Å². The van der Waals surface area contributed by atoms with Crippen LogP contribution >= 0.6 is 24.0 Å². The van der Waals surface area contributed by atoms with Crippen molar-refractivity contribution in [2.45, 2.75) is 45.2 Å². The van der Waals surface area contributed by atoms with Crippen molar-refractivity contribution in [3.05, 3.63) is 36.5 Å². The van der Waals surface area contributed by atoms with E-state index < -0.39 is 0 Å². The van der Waals surface area contributed by atoms with Crippen LogP contribution in [0.25, 0.3) is 0 Å². The van der Waals surface area contributed by atoms with Crippen LogP contribution < -0.4 is 15.4 Å². The van der Waals surface area contributed by atoms with E-state index in [0.717, 1.165) is 63.1 Å². The average Bonchev–Trinajstić information content (AvgIpc) is 3.51. The van der Waals surface area contributed by atoms with Gasteiger partial charge in [-0.25, -0.2) is 9.98 Å². The average molecular weight is 499 g/mol. The molecule has 1 aromatic heterocycles. The van der Waals surface area contributed by atoms with Crippen LogP contribution in [-0.4, -0.2) is 54.7 Å². The lowest BCUT2D eigenvalue weighted by molar-refractivity contribution is 0.225. The molecular weight excluding hydrogens is 465 g/mol. The van der Waals surface area contributed by atoms with E-state index in [1.807, 2.05) is 24.4 Å². The summed E-state index contributed by atoms with van der Waals surface area (Å²) in [6.07, 6.45) is 8.63. The van der Waals surface area contributed by atoms with E-state index in [-0.39, 0.29) is 24.0 Å². The first-order valence-electron chi connectivity index (χ1n) is 10.2. The molecule has 6 nitrogen and oxygen atoms in total. The number of aromatic nitrogens is 1. The van der Waals surface area contributed by atoms with Gasteiger partial charge >= 0.3 is 0 Å². The first-order valence-corrected chi connectivity index (χ1v) is 10.2. The van der Waals surface area contributed by atoms with Gasteiger partial charge in [0.25, 0.3) is 0 Å². The Balaban J connectivity index is 0.00000280. The number of halogens is 1. The van der Waals surface area contributed by atoms with Crippen molar-refractivity contribution in [2.24, 2.45) is 10.9 Å². The SMILES string of the molecule is C=CCN1CCC(NC(=NCc2ccnc(OCC3CC3)c2)NCC)CC1.I. The molecule has 1 aromatic rings. The molecule has 0 bridgehead atoms. The van der Waals surface area contributed by atoms with Crippen LogP contribution in [0.2, 0.25) is 0 Å². The van der Waals surface area contributed by atoms with Crippen LogP contribution in [0.4, 0.5) is 0 Å². The topological polar surface area (TPSA) is 61.8 Å². The molecule has 28 heavy (non-hydrogen) atoms. The lowest BCUT2D eigenvalue weighted by Gasteiger charge is -2.32. The Labute approximate surface area is 186 Å². The number of piperidine rings is 1. The molecule has 0 unspecified atom stereocenters. The van der Waals surface area contributed by atoms with Crippen molar-refractivity contribution in [1.82, 2.24) is 20.5 Å². The second-order valence-corrected chi connectivity index (χ2v) is 7.46. The molecule has 2 heterocycles. The monoisotopic (exact) mass is 499 g/mol. The highest BCUT2D eigenvalue weighted by atomic mass is 127. The standard InChI is InChI=1S/C21H33N5O.HI/c1-3-11-26-12-8-19(9-13-26)25-21(22-4-2)24-15-18-7-10-23-20(14-18)27-16-17-5-6-17;/h3,7,10,14,17,19H,1,4-6,8-9,11-13,15-16H2,2H3,(H2,22,24,25);1H. The quantitative estimate of drug-likeness (QED) is 0.237. The third-order valence-corrected chi connectivity index (χ3v) is 5.04. The summed E-state index contributed by atoms with van der Waals surface area (Å²) in [5.74, 6) is 2.33. The minimum absolute atomic E-state index is 0. The molecule has 7 heteroatoms.